The second kappa shape index (κ2) is 5.66. The van der Waals surface area contributed by atoms with Crippen LogP contribution in [0.2, 0.25) is 0 Å². The van der Waals surface area contributed by atoms with Crippen LogP contribution in [0.15, 0.2) is 42.9 Å². The van der Waals surface area contributed by atoms with Gasteiger partial charge in [-0.05, 0) is 5.56 Å². The van der Waals surface area contributed by atoms with Crippen LogP contribution in [0.1, 0.15) is 5.56 Å². The summed E-state index contributed by atoms with van der Waals surface area (Å²) >= 11 is 0. The first-order chi connectivity index (χ1) is 9.88. The van der Waals surface area contributed by atoms with Crippen LogP contribution in [0.4, 0.5) is 5.82 Å². The maximum absolute atomic E-state index is 5.56. The molecule has 0 aliphatic heterocycles. The van der Waals surface area contributed by atoms with Gasteiger partial charge in [-0.1, -0.05) is 30.3 Å². The zero-order chi connectivity index (χ0) is 13.8. The van der Waals surface area contributed by atoms with Crippen LogP contribution in [0.3, 0.4) is 0 Å². The molecule has 2 aromatic heterocycles. The lowest BCUT2D eigenvalue weighted by atomic mass is 10.2. The van der Waals surface area contributed by atoms with Gasteiger partial charge in [0, 0.05) is 13.1 Å². The van der Waals surface area contributed by atoms with Crippen LogP contribution in [-0.4, -0.2) is 26.3 Å². The first kappa shape index (κ1) is 12.6. The molecule has 1 aromatic carbocycles. The van der Waals surface area contributed by atoms with Crippen molar-refractivity contribution in [3.63, 3.8) is 0 Å². The number of nitrogens with zero attached hydrogens (tertiary/aromatic N) is 4. The molecule has 0 saturated heterocycles. The largest absolute Gasteiger partial charge is 0.365 e. The van der Waals surface area contributed by atoms with E-state index in [9.17, 15) is 0 Å². The molecule has 3 rings (SSSR count). The quantitative estimate of drug-likeness (QED) is 0.731. The molecule has 0 spiro atoms. The lowest BCUT2D eigenvalue weighted by Gasteiger charge is -2.06. The molecule has 6 heteroatoms. The van der Waals surface area contributed by atoms with E-state index in [2.05, 4.69) is 32.5 Å². The van der Waals surface area contributed by atoms with E-state index in [-0.39, 0.29) is 0 Å². The minimum absolute atomic E-state index is 0.535. The smallest absolute Gasteiger partial charge is 0.163 e. The van der Waals surface area contributed by atoms with Gasteiger partial charge in [0.05, 0.1) is 18.1 Å². The van der Waals surface area contributed by atoms with Gasteiger partial charge in [0.2, 0.25) is 0 Å². The van der Waals surface area contributed by atoms with E-state index in [0.29, 0.717) is 13.1 Å². The fourth-order valence-corrected chi connectivity index (χ4v) is 2.10. The molecule has 0 amide bonds. The van der Waals surface area contributed by atoms with Crippen molar-refractivity contribution in [2.45, 2.75) is 13.1 Å². The number of fused-ring (bicyclic) bond motifs is 1. The molecule has 0 saturated carbocycles. The Morgan fingerprint density at radius 3 is 2.80 bits per heavy atom. The van der Waals surface area contributed by atoms with Crippen LogP contribution in [0.25, 0.3) is 11.0 Å². The molecule has 0 fully saturated rings. The fourth-order valence-electron chi connectivity index (χ4n) is 2.10. The molecule has 20 heavy (non-hydrogen) atoms. The van der Waals surface area contributed by atoms with Crippen molar-refractivity contribution in [1.29, 1.82) is 0 Å². The Morgan fingerprint density at radius 2 is 2.00 bits per heavy atom. The molecule has 0 bridgehead atoms. The molecule has 2 heterocycles. The number of anilines is 1. The van der Waals surface area contributed by atoms with Gasteiger partial charge in [-0.3, -0.25) is 0 Å². The second-order valence-corrected chi connectivity index (χ2v) is 4.46. The van der Waals surface area contributed by atoms with E-state index in [4.69, 9.17) is 5.73 Å². The van der Waals surface area contributed by atoms with Gasteiger partial charge in [0.25, 0.3) is 0 Å². The third-order valence-corrected chi connectivity index (χ3v) is 3.08. The van der Waals surface area contributed by atoms with Crippen molar-refractivity contribution >= 4 is 16.9 Å². The Bertz CT molecular complexity index is 691. The Morgan fingerprint density at radius 1 is 1.15 bits per heavy atom. The van der Waals surface area contributed by atoms with Crippen LogP contribution < -0.4 is 11.1 Å². The monoisotopic (exact) mass is 268 g/mol. The molecular formula is C14H16N6. The van der Waals surface area contributed by atoms with E-state index in [1.165, 1.54) is 5.56 Å². The standard InChI is InChI=1S/C14H16N6/c15-6-7-20-14-12(9-19-20)13(17-10-18-14)16-8-11-4-2-1-3-5-11/h1-5,9-10H,6-8,15H2,(H,16,17,18). The van der Waals surface area contributed by atoms with Gasteiger partial charge in [-0.2, -0.15) is 5.10 Å². The fraction of sp³-hybridized carbons (Fsp3) is 0.214. The molecule has 3 N–H and O–H groups in total. The van der Waals surface area contributed by atoms with Crippen molar-refractivity contribution in [3.8, 4) is 0 Å². The number of nitrogens with two attached hydrogens (primary N) is 1. The zero-order valence-corrected chi connectivity index (χ0v) is 11.0. The Balaban J connectivity index is 1.85. The van der Waals surface area contributed by atoms with Gasteiger partial charge in [-0.25, -0.2) is 14.6 Å². The van der Waals surface area contributed by atoms with Crippen LogP contribution in [0, 0.1) is 0 Å². The molecule has 0 radical (unpaired) electrons. The minimum atomic E-state index is 0.535. The molecule has 0 unspecified atom stereocenters. The average Bonchev–Trinajstić information content (AvgIpc) is 2.91. The third-order valence-electron chi connectivity index (χ3n) is 3.08. The van der Waals surface area contributed by atoms with Crippen molar-refractivity contribution in [2.24, 2.45) is 5.73 Å². The normalized spacial score (nSPS) is 10.8. The van der Waals surface area contributed by atoms with Crippen LogP contribution in [0.5, 0.6) is 0 Å². The highest BCUT2D eigenvalue weighted by Crippen LogP contribution is 2.19. The summed E-state index contributed by atoms with van der Waals surface area (Å²) in [6, 6.07) is 10.2. The highest BCUT2D eigenvalue weighted by molar-refractivity contribution is 5.86. The van der Waals surface area contributed by atoms with Gasteiger partial charge in [-0.15, -0.1) is 0 Å². The van der Waals surface area contributed by atoms with Crippen LogP contribution in [-0.2, 0) is 13.1 Å². The van der Waals surface area contributed by atoms with Gasteiger partial charge >= 0.3 is 0 Å². The predicted molar refractivity (Wildman–Crippen MR) is 78.1 cm³/mol. The van der Waals surface area contributed by atoms with Crippen molar-refractivity contribution in [3.05, 3.63) is 48.4 Å². The molecule has 0 aliphatic carbocycles. The summed E-state index contributed by atoms with van der Waals surface area (Å²) in [5, 5.41) is 8.53. The Labute approximate surface area is 116 Å². The first-order valence-corrected chi connectivity index (χ1v) is 6.53. The summed E-state index contributed by atoms with van der Waals surface area (Å²) in [6.45, 7) is 1.90. The molecule has 0 atom stereocenters. The molecule has 0 aliphatic rings. The molecular weight excluding hydrogens is 252 g/mol. The van der Waals surface area contributed by atoms with Gasteiger partial charge in [0.15, 0.2) is 5.65 Å². The maximum atomic E-state index is 5.56. The van der Waals surface area contributed by atoms with E-state index < -0.39 is 0 Å². The maximum Gasteiger partial charge on any atom is 0.163 e. The number of aromatic nitrogens is 4. The molecule has 6 nitrogen and oxygen atoms in total. The van der Waals surface area contributed by atoms with Crippen molar-refractivity contribution < 1.29 is 0 Å². The predicted octanol–water partition coefficient (Wildman–Crippen LogP) is 1.40. The average molecular weight is 268 g/mol. The highest BCUT2D eigenvalue weighted by atomic mass is 15.3. The van der Waals surface area contributed by atoms with Gasteiger partial charge < -0.3 is 11.1 Å². The molecule has 102 valence electrons. The summed E-state index contributed by atoms with van der Waals surface area (Å²) in [6.07, 6.45) is 3.32. The number of benzene rings is 1. The second-order valence-electron chi connectivity index (χ2n) is 4.46. The number of hydrogen-bond donors (Lipinski definition) is 2. The summed E-state index contributed by atoms with van der Waals surface area (Å²) < 4.78 is 1.80. The topological polar surface area (TPSA) is 81.7 Å². The summed E-state index contributed by atoms with van der Waals surface area (Å²) in [4.78, 5) is 8.56. The first-order valence-electron chi connectivity index (χ1n) is 6.53. The summed E-state index contributed by atoms with van der Waals surface area (Å²) in [5.74, 6) is 0.794. The number of nitrogens with one attached hydrogen (secondary N) is 1. The highest BCUT2D eigenvalue weighted by Gasteiger charge is 2.08. The van der Waals surface area contributed by atoms with E-state index in [0.717, 1.165) is 23.4 Å². The van der Waals surface area contributed by atoms with Crippen molar-refractivity contribution in [1.82, 2.24) is 19.7 Å². The van der Waals surface area contributed by atoms with E-state index >= 15 is 0 Å². The number of hydrogen-bond acceptors (Lipinski definition) is 5. The van der Waals surface area contributed by atoms with Crippen LogP contribution >= 0.6 is 0 Å². The lowest BCUT2D eigenvalue weighted by molar-refractivity contribution is 0.640. The zero-order valence-electron chi connectivity index (χ0n) is 11.0. The van der Waals surface area contributed by atoms with E-state index in [1.807, 2.05) is 18.2 Å². The van der Waals surface area contributed by atoms with Crippen molar-refractivity contribution in [2.75, 3.05) is 11.9 Å². The lowest BCUT2D eigenvalue weighted by Crippen LogP contribution is -2.11. The Hall–Kier alpha value is -2.47. The minimum Gasteiger partial charge on any atom is -0.365 e. The SMILES string of the molecule is NCCn1ncc2c(NCc3ccccc3)ncnc21. The van der Waals surface area contributed by atoms with E-state index in [1.54, 1.807) is 17.2 Å². The number of rotatable bonds is 5. The Kier molecular flexibility index (Phi) is 3.56. The molecule has 3 aromatic rings. The third kappa shape index (κ3) is 2.46. The summed E-state index contributed by atoms with van der Waals surface area (Å²) in [5.41, 5.74) is 7.57. The summed E-state index contributed by atoms with van der Waals surface area (Å²) in [7, 11) is 0. The van der Waals surface area contributed by atoms with Gasteiger partial charge in [0.1, 0.15) is 12.1 Å².